The van der Waals surface area contributed by atoms with E-state index in [0.29, 0.717) is 6.54 Å². The fourth-order valence-corrected chi connectivity index (χ4v) is 2.55. The van der Waals surface area contributed by atoms with Crippen molar-refractivity contribution in [2.24, 2.45) is 0 Å². The van der Waals surface area contributed by atoms with Crippen molar-refractivity contribution in [3.8, 4) is 0 Å². The molecule has 0 aliphatic carbocycles. The van der Waals surface area contributed by atoms with Gasteiger partial charge in [0.25, 0.3) is 0 Å². The van der Waals surface area contributed by atoms with Gasteiger partial charge in [0.05, 0.1) is 26.2 Å². The number of nitrogens with one attached hydrogen (secondary N) is 1. The molecule has 0 saturated carbocycles. The number of rotatable bonds is 5. The largest absolute Gasteiger partial charge is 0.469 e. The standard InChI is InChI=1S/C14H24N2O5/c1-10(18)15-12(8-13(19)21-2)14(20)16-7-5-3-4-6-11(16)9-17/h11-12,17H,3-9H2,1-2H3,(H,15,18). The number of carbonyl (C=O) groups excluding carboxylic acids is 3. The highest BCUT2D eigenvalue weighted by molar-refractivity contribution is 5.90. The van der Waals surface area contributed by atoms with Crippen molar-refractivity contribution in [2.75, 3.05) is 20.3 Å². The van der Waals surface area contributed by atoms with Crippen LogP contribution in [0.15, 0.2) is 0 Å². The van der Waals surface area contributed by atoms with Gasteiger partial charge in [-0.15, -0.1) is 0 Å². The number of aliphatic hydroxyl groups excluding tert-OH is 1. The summed E-state index contributed by atoms with van der Waals surface area (Å²) in [6, 6.07) is -1.20. The van der Waals surface area contributed by atoms with Crippen molar-refractivity contribution in [3.05, 3.63) is 0 Å². The van der Waals surface area contributed by atoms with Crippen molar-refractivity contribution in [2.45, 2.75) is 51.1 Å². The minimum absolute atomic E-state index is 0.114. The maximum absolute atomic E-state index is 12.6. The fourth-order valence-electron chi connectivity index (χ4n) is 2.55. The summed E-state index contributed by atoms with van der Waals surface area (Å²) >= 11 is 0. The van der Waals surface area contributed by atoms with E-state index in [1.807, 2.05) is 0 Å². The molecule has 2 amide bonds. The number of carbonyl (C=O) groups is 3. The lowest BCUT2D eigenvalue weighted by Crippen LogP contribution is -2.53. The van der Waals surface area contributed by atoms with E-state index in [-0.39, 0.29) is 30.9 Å². The van der Waals surface area contributed by atoms with E-state index in [0.717, 1.165) is 25.7 Å². The van der Waals surface area contributed by atoms with Gasteiger partial charge in [0.15, 0.2) is 0 Å². The van der Waals surface area contributed by atoms with E-state index in [2.05, 4.69) is 10.1 Å². The van der Waals surface area contributed by atoms with Gasteiger partial charge < -0.3 is 20.1 Å². The first-order valence-corrected chi connectivity index (χ1v) is 7.24. The van der Waals surface area contributed by atoms with Crippen LogP contribution in [0, 0.1) is 0 Å². The average Bonchev–Trinajstić information content (AvgIpc) is 2.70. The molecule has 2 atom stereocenters. The van der Waals surface area contributed by atoms with E-state index in [9.17, 15) is 19.5 Å². The number of esters is 1. The van der Waals surface area contributed by atoms with Gasteiger partial charge in [-0.1, -0.05) is 12.8 Å². The van der Waals surface area contributed by atoms with Crippen LogP contribution >= 0.6 is 0 Å². The Hall–Kier alpha value is -1.63. The predicted molar refractivity (Wildman–Crippen MR) is 75.3 cm³/mol. The monoisotopic (exact) mass is 300 g/mol. The maximum Gasteiger partial charge on any atom is 0.308 e. The number of hydrogen-bond acceptors (Lipinski definition) is 5. The number of methoxy groups -OCH3 is 1. The van der Waals surface area contributed by atoms with Crippen LogP contribution in [-0.2, 0) is 19.1 Å². The fraction of sp³-hybridized carbons (Fsp3) is 0.786. The van der Waals surface area contributed by atoms with Crippen LogP contribution < -0.4 is 5.32 Å². The van der Waals surface area contributed by atoms with Crippen LogP contribution in [0.2, 0.25) is 0 Å². The summed E-state index contributed by atoms with van der Waals surface area (Å²) in [5.74, 6) is -1.28. The summed E-state index contributed by atoms with van der Waals surface area (Å²) in [6.07, 6.45) is 3.34. The first kappa shape index (κ1) is 17.4. The summed E-state index contributed by atoms with van der Waals surface area (Å²) in [5.41, 5.74) is 0. The Morgan fingerprint density at radius 3 is 2.62 bits per heavy atom. The second-order valence-corrected chi connectivity index (χ2v) is 5.25. The molecule has 0 aromatic rings. The molecule has 0 aromatic carbocycles. The molecule has 1 aliphatic heterocycles. The van der Waals surface area contributed by atoms with Crippen LogP contribution in [0.25, 0.3) is 0 Å². The van der Waals surface area contributed by atoms with Crippen LogP contribution in [0.3, 0.4) is 0 Å². The molecular weight excluding hydrogens is 276 g/mol. The lowest BCUT2D eigenvalue weighted by atomic mass is 10.1. The second-order valence-electron chi connectivity index (χ2n) is 5.25. The Labute approximate surface area is 124 Å². The molecule has 0 bridgehead atoms. The zero-order chi connectivity index (χ0) is 15.8. The van der Waals surface area contributed by atoms with Gasteiger partial charge in [-0.3, -0.25) is 14.4 Å². The number of nitrogens with zero attached hydrogens (tertiary/aromatic N) is 1. The van der Waals surface area contributed by atoms with Crippen LogP contribution in [0.5, 0.6) is 0 Å². The molecule has 1 rings (SSSR count). The highest BCUT2D eigenvalue weighted by Gasteiger charge is 2.32. The predicted octanol–water partition coefficient (Wildman–Crippen LogP) is -0.182. The van der Waals surface area contributed by atoms with E-state index < -0.39 is 12.0 Å². The number of ether oxygens (including phenoxy) is 1. The van der Waals surface area contributed by atoms with Crippen molar-refractivity contribution >= 4 is 17.8 Å². The van der Waals surface area contributed by atoms with Crippen molar-refractivity contribution in [1.82, 2.24) is 10.2 Å². The van der Waals surface area contributed by atoms with E-state index >= 15 is 0 Å². The smallest absolute Gasteiger partial charge is 0.308 e. The molecule has 0 radical (unpaired) electrons. The Bertz CT molecular complexity index is 386. The molecule has 21 heavy (non-hydrogen) atoms. The average molecular weight is 300 g/mol. The third-order valence-corrected chi connectivity index (χ3v) is 3.65. The van der Waals surface area contributed by atoms with Gasteiger partial charge in [-0.25, -0.2) is 0 Å². The Morgan fingerprint density at radius 1 is 1.33 bits per heavy atom. The lowest BCUT2D eigenvalue weighted by Gasteiger charge is -2.32. The van der Waals surface area contributed by atoms with Crippen LogP contribution in [0.4, 0.5) is 0 Å². The third-order valence-electron chi connectivity index (χ3n) is 3.65. The zero-order valence-electron chi connectivity index (χ0n) is 12.6. The molecule has 2 unspecified atom stereocenters. The number of likely N-dealkylation sites (tertiary alicyclic amines) is 1. The van der Waals surface area contributed by atoms with Crippen LogP contribution in [-0.4, -0.2) is 60.1 Å². The summed E-state index contributed by atoms with van der Waals surface area (Å²) in [7, 11) is 1.24. The maximum atomic E-state index is 12.6. The zero-order valence-corrected chi connectivity index (χ0v) is 12.6. The quantitative estimate of drug-likeness (QED) is 0.687. The highest BCUT2D eigenvalue weighted by atomic mass is 16.5. The first-order chi connectivity index (χ1) is 9.99. The Balaban J connectivity index is 2.84. The SMILES string of the molecule is COC(=O)CC(NC(C)=O)C(=O)N1CCCCCC1CO. The number of hydrogen-bond donors (Lipinski definition) is 2. The molecule has 7 heteroatoms. The normalized spacial score (nSPS) is 20.3. The summed E-state index contributed by atoms with van der Waals surface area (Å²) < 4.78 is 4.57. The summed E-state index contributed by atoms with van der Waals surface area (Å²) in [5, 5.41) is 11.9. The van der Waals surface area contributed by atoms with E-state index in [1.165, 1.54) is 14.0 Å². The third kappa shape index (κ3) is 5.34. The van der Waals surface area contributed by atoms with Crippen LogP contribution in [0.1, 0.15) is 39.0 Å². The molecule has 1 heterocycles. The Morgan fingerprint density at radius 2 is 2.05 bits per heavy atom. The van der Waals surface area contributed by atoms with Gasteiger partial charge in [-0.05, 0) is 12.8 Å². The van der Waals surface area contributed by atoms with Gasteiger partial charge in [0.1, 0.15) is 6.04 Å². The molecule has 2 N–H and O–H groups in total. The minimum Gasteiger partial charge on any atom is -0.469 e. The minimum atomic E-state index is -0.943. The lowest BCUT2D eigenvalue weighted by molar-refractivity contribution is -0.147. The van der Waals surface area contributed by atoms with Gasteiger partial charge in [0, 0.05) is 13.5 Å². The summed E-state index contributed by atoms with van der Waals surface area (Å²) in [4.78, 5) is 36.8. The summed E-state index contributed by atoms with van der Waals surface area (Å²) in [6.45, 7) is 1.71. The molecule has 1 saturated heterocycles. The molecule has 7 nitrogen and oxygen atoms in total. The second kappa shape index (κ2) is 8.61. The topological polar surface area (TPSA) is 95.9 Å². The van der Waals surface area contributed by atoms with Gasteiger partial charge in [0.2, 0.25) is 11.8 Å². The van der Waals surface area contributed by atoms with Crippen molar-refractivity contribution in [3.63, 3.8) is 0 Å². The number of aliphatic hydroxyl groups is 1. The number of amides is 2. The Kier molecular flexibility index (Phi) is 7.14. The molecule has 0 spiro atoms. The van der Waals surface area contributed by atoms with E-state index in [4.69, 9.17) is 0 Å². The molecule has 0 aromatic heterocycles. The first-order valence-electron chi connectivity index (χ1n) is 7.24. The van der Waals surface area contributed by atoms with E-state index in [1.54, 1.807) is 4.90 Å². The molecule has 1 aliphatic rings. The van der Waals surface area contributed by atoms with Crippen molar-refractivity contribution < 1.29 is 24.2 Å². The van der Waals surface area contributed by atoms with Gasteiger partial charge in [-0.2, -0.15) is 0 Å². The van der Waals surface area contributed by atoms with Crippen molar-refractivity contribution in [1.29, 1.82) is 0 Å². The molecule has 1 fully saturated rings. The molecule has 120 valence electrons. The molecular formula is C14H24N2O5. The van der Waals surface area contributed by atoms with Gasteiger partial charge >= 0.3 is 5.97 Å². The highest BCUT2D eigenvalue weighted by Crippen LogP contribution is 2.18.